The first-order chi connectivity index (χ1) is 7.24. The smallest absolute Gasteiger partial charge is 0.0542 e. The quantitative estimate of drug-likeness (QED) is 0.738. The van der Waals surface area contributed by atoms with Gasteiger partial charge in [-0.3, -0.25) is 0 Å². The zero-order valence-corrected chi connectivity index (χ0v) is 9.57. The predicted molar refractivity (Wildman–Crippen MR) is 60.5 cm³/mol. The summed E-state index contributed by atoms with van der Waals surface area (Å²) in [6.45, 7) is 0. The lowest BCUT2D eigenvalue weighted by molar-refractivity contribution is 0.0664. The first kappa shape index (κ1) is 11.4. The van der Waals surface area contributed by atoms with Gasteiger partial charge in [0.1, 0.15) is 0 Å². The fourth-order valence-corrected chi connectivity index (χ4v) is 3.42. The Morgan fingerprint density at radius 1 is 0.733 bits per heavy atom. The molecule has 2 fully saturated rings. The van der Waals surface area contributed by atoms with E-state index in [1.807, 2.05) is 0 Å². The molecule has 0 amide bonds. The SMILES string of the molecule is O[C@H]1CCCC(C[C@H]2CCC[C@H](O)C2)C1. The van der Waals surface area contributed by atoms with Crippen LogP contribution in [0.4, 0.5) is 0 Å². The van der Waals surface area contributed by atoms with Crippen molar-refractivity contribution in [2.24, 2.45) is 11.8 Å². The highest BCUT2D eigenvalue weighted by atomic mass is 16.3. The number of hydrogen-bond acceptors (Lipinski definition) is 2. The summed E-state index contributed by atoms with van der Waals surface area (Å²) in [5.41, 5.74) is 0. The molecule has 0 spiro atoms. The molecule has 1 unspecified atom stereocenters. The van der Waals surface area contributed by atoms with Crippen molar-refractivity contribution in [1.82, 2.24) is 0 Å². The molecule has 0 aromatic carbocycles. The van der Waals surface area contributed by atoms with Crippen molar-refractivity contribution in [3.63, 3.8) is 0 Å². The Bertz CT molecular complexity index is 173. The molecule has 0 aliphatic heterocycles. The minimum absolute atomic E-state index is 0.0442. The average molecular weight is 212 g/mol. The zero-order valence-electron chi connectivity index (χ0n) is 9.57. The van der Waals surface area contributed by atoms with Gasteiger partial charge in [0.2, 0.25) is 0 Å². The first-order valence-corrected chi connectivity index (χ1v) is 6.60. The predicted octanol–water partition coefficient (Wildman–Crippen LogP) is 2.48. The maximum absolute atomic E-state index is 9.61. The van der Waals surface area contributed by atoms with Crippen molar-refractivity contribution < 1.29 is 10.2 Å². The molecule has 2 aliphatic carbocycles. The van der Waals surface area contributed by atoms with Crippen molar-refractivity contribution in [3.05, 3.63) is 0 Å². The third-order valence-electron chi connectivity index (χ3n) is 4.18. The van der Waals surface area contributed by atoms with Gasteiger partial charge < -0.3 is 10.2 Å². The van der Waals surface area contributed by atoms with Crippen LogP contribution in [0.5, 0.6) is 0 Å². The molecule has 0 saturated heterocycles. The molecule has 15 heavy (non-hydrogen) atoms. The van der Waals surface area contributed by atoms with E-state index in [9.17, 15) is 10.2 Å². The molecule has 0 radical (unpaired) electrons. The Hall–Kier alpha value is -0.0800. The van der Waals surface area contributed by atoms with Gasteiger partial charge >= 0.3 is 0 Å². The molecule has 2 aliphatic rings. The summed E-state index contributed by atoms with van der Waals surface area (Å²) in [6, 6.07) is 0. The maximum Gasteiger partial charge on any atom is 0.0542 e. The van der Waals surface area contributed by atoms with Crippen LogP contribution < -0.4 is 0 Å². The fraction of sp³-hybridized carbons (Fsp3) is 1.00. The molecule has 2 heteroatoms. The topological polar surface area (TPSA) is 40.5 Å². The van der Waals surface area contributed by atoms with Crippen LogP contribution in [0.1, 0.15) is 57.8 Å². The van der Waals surface area contributed by atoms with E-state index in [4.69, 9.17) is 0 Å². The molecule has 88 valence electrons. The van der Waals surface area contributed by atoms with E-state index in [1.54, 1.807) is 0 Å². The molecule has 2 N–H and O–H groups in total. The molecule has 0 aromatic heterocycles. The van der Waals surface area contributed by atoms with E-state index in [2.05, 4.69) is 0 Å². The second-order valence-corrected chi connectivity index (χ2v) is 5.61. The van der Waals surface area contributed by atoms with E-state index >= 15 is 0 Å². The third kappa shape index (κ3) is 3.46. The molecule has 0 aromatic rings. The lowest BCUT2D eigenvalue weighted by Crippen LogP contribution is -2.25. The van der Waals surface area contributed by atoms with Crippen molar-refractivity contribution in [1.29, 1.82) is 0 Å². The standard InChI is InChI=1S/C13H24O2/c14-12-5-1-3-10(8-12)7-11-4-2-6-13(15)9-11/h10-15H,1-9H2/t10-,11?,12+,13+/m1/s1. The van der Waals surface area contributed by atoms with Crippen LogP contribution in [-0.2, 0) is 0 Å². The van der Waals surface area contributed by atoms with Crippen molar-refractivity contribution in [2.75, 3.05) is 0 Å². The molecule has 2 nitrogen and oxygen atoms in total. The molecule has 0 bridgehead atoms. The summed E-state index contributed by atoms with van der Waals surface area (Å²) in [5, 5.41) is 19.2. The van der Waals surface area contributed by atoms with E-state index in [1.165, 1.54) is 32.1 Å². The molecular formula is C13H24O2. The normalized spacial score (nSPS) is 42.8. The lowest BCUT2D eigenvalue weighted by atomic mass is 9.76. The summed E-state index contributed by atoms with van der Waals surface area (Å²) in [7, 11) is 0. The minimum Gasteiger partial charge on any atom is -0.393 e. The Balaban J connectivity index is 1.75. The van der Waals surface area contributed by atoms with E-state index in [-0.39, 0.29) is 12.2 Å². The van der Waals surface area contributed by atoms with Gasteiger partial charge in [0.25, 0.3) is 0 Å². The van der Waals surface area contributed by atoms with Crippen LogP contribution >= 0.6 is 0 Å². The maximum atomic E-state index is 9.61. The largest absolute Gasteiger partial charge is 0.393 e. The summed E-state index contributed by atoms with van der Waals surface area (Å²) in [6.07, 6.45) is 10.2. The molecule has 2 rings (SSSR count). The van der Waals surface area contributed by atoms with Gasteiger partial charge in [-0.15, -0.1) is 0 Å². The van der Waals surface area contributed by atoms with Crippen molar-refractivity contribution in [3.8, 4) is 0 Å². The van der Waals surface area contributed by atoms with Crippen LogP contribution in [0, 0.1) is 11.8 Å². The number of hydrogen-bond donors (Lipinski definition) is 2. The Morgan fingerprint density at radius 2 is 1.20 bits per heavy atom. The average Bonchev–Trinajstić information content (AvgIpc) is 2.17. The Labute approximate surface area is 92.7 Å². The second-order valence-electron chi connectivity index (χ2n) is 5.61. The van der Waals surface area contributed by atoms with Gasteiger partial charge in [0, 0.05) is 0 Å². The fourth-order valence-electron chi connectivity index (χ4n) is 3.42. The van der Waals surface area contributed by atoms with E-state index in [0.29, 0.717) is 0 Å². The van der Waals surface area contributed by atoms with E-state index < -0.39 is 0 Å². The van der Waals surface area contributed by atoms with Gasteiger partial charge in [0.15, 0.2) is 0 Å². The highest BCUT2D eigenvalue weighted by Gasteiger charge is 2.26. The van der Waals surface area contributed by atoms with Crippen LogP contribution in [0.2, 0.25) is 0 Å². The Morgan fingerprint density at radius 3 is 1.60 bits per heavy atom. The number of aliphatic hydroxyl groups excluding tert-OH is 2. The molecule has 4 atom stereocenters. The molecule has 2 saturated carbocycles. The summed E-state index contributed by atoms with van der Waals surface area (Å²) < 4.78 is 0. The van der Waals surface area contributed by atoms with Crippen molar-refractivity contribution in [2.45, 2.75) is 70.0 Å². The highest BCUT2D eigenvalue weighted by Crippen LogP contribution is 2.35. The van der Waals surface area contributed by atoms with Gasteiger partial charge in [0.05, 0.1) is 12.2 Å². The van der Waals surface area contributed by atoms with Crippen LogP contribution in [-0.4, -0.2) is 22.4 Å². The molecular weight excluding hydrogens is 188 g/mol. The van der Waals surface area contributed by atoms with Gasteiger partial charge in [-0.1, -0.05) is 25.7 Å². The van der Waals surface area contributed by atoms with Crippen molar-refractivity contribution >= 4 is 0 Å². The lowest BCUT2D eigenvalue weighted by Gasteiger charge is -2.32. The monoisotopic (exact) mass is 212 g/mol. The van der Waals surface area contributed by atoms with Gasteiger partial charge in [-0.05, 0) is 43.9 Å². The van der Waals surface area contributed by atoms with E-state index in [0.717, 1.165) is 37.5 Å². The second kappa shape index (κ2) is 5.31. The van der Waals surface area contributed by atoms with Crippen LogP contribution in [0.15, 0.2) is 0 Å². The Kier molecular flexibility index (Phi) is 4.04. The first-order valence-electron chi connectivity index (χ1n) is 6.60. The summed E-state index contributed by atoms with van der Waals surface area (Å²) in [4.78, 5) is 0. The van der Waals surface area contributed by atoms with Gasteiger partial charge in [-0.25, -0.2) is 0 Å². The molecule has 0 heterocycles. The summed E-state index contributed by atoms with van der Waals surface area (Å²) in [5.74, 6) is 1.45. The zero-order chi connectivity index (χ0) is 10.7. The minimum atomic E-state index is -0.0442. The highest BCUT2D eigenvalue weighted by molar-refractivity contribution is 4.78. The van der Waals surface area contributed by atoms with Crippen LogP contribution in [0.25, 0.3) is 0 Å². The van der Waals surface area contributed by atoms with Crippen LogP contribution in [0.3, 0.4) is 0 Å². The number of aliphatic hydroxyl groups is 2. The summed E-state index contributed by atoms with van der Waals surface area (Å²) >= 11 is 0. The third-order valence-corrected chi connectivity index (χ3v) is 4.18. The number of rotatable bonds is 2. The van der Waals surface area contributed by atoms with Gasteiger partial charge in [-0.2, -0.15) is 0 Å².